The number of aromatic amines is 2. The molecule has 5 N–H and O–H groups in total. The van der Waals surface area contributed by atoms with Crippen LogP contribution in [0.3, 0.4) is 0 Å². The van der Waals surface area contributed by atoms with Crippen molar-refractivity contribution in [3.8, 4) is 0 Å². The summed E-state index contributed by atoms with van der Waals surface area (Å²) in [5.41, 5.74) is 7.56. The second-order valence-electron chi connectivity index (χ2n) is 12.0. The number of aromatic nitrogens is 2. The topological polar surface area (TPSA) is 159 Å². The van der Waals surface area contributed by atoms with E-state index >= 15 is 0 Å². The Hall–Kier alpha value is -3.86. The van der Waals surface area contributed by atoms with Crippen LogP contribution in [0.2, 0.25) is 0 Å². The highest BCUT2D eigenvalue weighted by Gasteiger charge is 2.76. The predicted octanol–water partition coefficient (Wildman–Crippen LogP) is 3.86. The normalized spacial score (nSPS) is 23.7. The fraction of sp³-hybridized carbons (Fsp3) is 0.485. The molecule has 0 aliphatic carbocycles. The van der Waals surface area contributed by atoms with E-state index in [-0.39, 0.29) is 35.5 Å². The molecule has 0 radical (unpaired) electrons. The molecular weight excluding hydrogens is 580 g/mol. The molecule has 3 aliphatic heterocycles. The molecule has 1 saturated heterocycles. The van der Waals surface area contributed by atoms with Gasteiger partial charge in [0.05, 0.1) is 17.5 Å². The third kappa shape index (κ3) is 5.46. The first-order valence-corrected chi connectivity index (χ1v) is 16.0. The maximum atomic E-state index is 12.4. The second-order valence-corrected chi connectivity index (χ2v) is 13.3. The van der Waals surface area contributed by atoms with Gasteiger partial charge in [-0.1, -0.05) is 17.8 Å². The van der Waals surface area contributed by atoms with Crippen molar-refractivity contribution in [2.24, 2.45) is 16.8 Å². The van der Waals surface area contributed by atoms with Crippen molar-refractivity contribution in [2.45, 2.75) is 91.4 Å². The lowest BCUT2D eigenvalue weighted by Gasteiger charge is -2.12. The third-order valence-corrected chi connectivity index (χ3v) is 11.0. The molecule has 5 heterocycles. The Labute approximate surface area is 260 Å². The van der Waals surface area contributed by atoms with Crippen molar-refractivity contribution >= 4 is 53.6 Å². The van der Waals surface area contributed by atoms with Gasteiger partial charge in [-0.15, -0.1) is 0 Å². The van der Waals surface area contributed by atoms with Crippen molar-refractivity contribution in [3.05, 3.63) is 55.5 Å². The van der Waals surface area contributed by atoms with E-state index in [0.29, 0.717) is 37.3 Å². The number of carbonyl (C=O) groups is 3. The molecule has 11 heteroatoms. The Morgan fingerprint density at radius 3 is 2.27 bits per heavy atom. The van der Waals surface area contributed by atoms with E-state index in [1.807, 2.05) is 44.7 Å². The number of carbonyl (C=O) groups excluding carboxylic acids is 1. The van der Waals surface area contributed by atoms with E-state index in [0.717, 1.165) is 61.9 Å². The lowest BCUT2D eigenvalue weighted by Crippen LogP contribution is -2.27. The molecule has 3 atom stereocenters. The highest BCUT2D eigenvalue weighted by Crippen LogP contribution is 2.61. The summed E-state index contributed by atoms with van der Waals surface area (Å²) in [4.78, 5) is 46.5. The lowest BCUT2D eigenvalue weighted by molar-refractivity contribution is -0.314. The number of aliphatic hydroxyl groups excluding tert-OH is 1. The average Bonchev–Trinajstić information content (AvgIpc) is 3.27. The monoisotopic (exact) mass is 621 g/mol. The van der Waals surface area contributed by atoms with Gasteiger partial charge in [-0.2, -0.15) is 0 Å². The number of hydrogen-bond acceptors (Lipinski definition) is 4. The maximum Gasteiger partial charge on any atom is 0.352 e. The fourth-order valence-electron chi connectivity index (χ4n) is 6.92. The van der Waals surface area contributed by atoms with E-state index in [1.54, 1.807) is 11.9 Å². The largest absolute Gasteiger partial charge is 0.481 e. The summed E-state index contributed by atoms with van der Waals surface area (Å²) < 4.78 is 1.97. The quantitative estimate of drug-likeness (QED) is 0.137. The third-order valence-electron chi connectivity index (χ3n) is 9.58. The number of fused-ring (bicyclic) bond motifs is 1. The molecule has 0 unspecified atom stereocenters. The molecule has 0 spiro atoms. The zero-order valence-electron chi connectivity index (χ0n) is 26.1. The van der Waals surface area contributed by atoms with Gasteiger partial charge in [0, 0.05) is 53.0 Å². The number of H-pyrrole nitrogens is 2. The first-order chi connectivity index (χ1) is 20.8. The Balaban J connectivity index is 1.63. The van der Waals surface area contributed by atoms with Crippen molar-refractivity contribution in [3.63, 3.8) is 0 Å². The standard InChI is InChI=1S/C33H40N4O6S/c1-7-20-16(3)25(36-31(20)42)13-24-17(4)21(9-11-29(38)39)26(34-24)14-27-22(10-12-30(40)41)18(5)28(35-27)15-33-23(8-2)19(6)32(43)37(33)44-33/h14-15,19,23H,7-13H2,1-6H3,(H4,34,35,36,38,39,40,41,42)/p+1/b28-15+/t19-,23-,33-,37?/m1/s1. The molecule has 1 amide bonds. The van der Waals surface area contributed by atoms with Gasteiger partial charge in [0.1, 0.15) is 0 Å². The zero-order valence-corrected chi connectivity index (χ0v) is 26.9. The van der Waals surface area contributed by atoms with Gasteiger partial charge in [0.15, 0.2) is 0 Å². The van der Waals surface area contributed by atoms with Gasteiger partial charge in [0.2, 0.25) is 0 Å². The lowest BCUT2D eigenvalue weighted by atomic mass is 9.87. The minimum absolute atomic E-state index is 0.0335. The molecule has 1 fully saturated rings. The molecule has 2 aromatic heterocycles. The van der Waals surface area contributed by atoms with Crippen LogP contribution in [0.1, 0.15) is 87.0 Å². The van der Waals surface area contributed by atoms with Gasteiger partial charge < -0.3 is 25.3 Å². The molecular formula is C33H41N4O6S+. The van der Waals surface area contributed by atoms with Crippen LogP contribution in [0.15, 0.2) is 16.1 Å². The van der Waals surface area contributed by atoms with Gasteiger partial charge in [-0.25, -0.2) is 4.99 Å². The number of aliphatic imine (C=N–C) groups is 1. The van der Waals surface area contributed by atoms with Gasteiger partial charge in [0.25, 0.3) is 17.9 Å². The first kappa shape index (κ1) is 31.6. The number of nitrogens with zero attached hydrogens (tertiary/aromatic N) is 2. The van der Waals surface area contributed by atoms with Crippen LogP contribution in [-0.2, 0) is 33.6 Å². The molecule has 234 valence electrons. The predicted molar refractivity (Wildman–Crippen MR) is 171 cm³/mol. The molecule has 2 aromatic rings. The van der Waals surface area contributed by atoms with Gasteiger partial charge in [-0.05, 0) is 87.3 Å². The van der Waals surface area contributed by atoms with Crippen molar-refractivity contribution in [1.82, 2.24) is 9.97 Å². The highest BCUT2D eigenvalue weighted by atomic mass is 32.2. The zero-order chi connectivity index (χ0) is 32.1. The van der Waals surface area contributed by atoms with Crippen LogP contribution in [-0.4, -0.2) is 63.6 Å². The van der Waals surface area contributed by atoms with Crippen molar-refractivity contribution in [1.29, 1.82) is 0 Å². The second kappa shape index (κ2) is 11.9. The SMILES string of the molecule is CCC1=C(C)C(Cc2[nH]c(/C=c3\[nH]/c(=C/[C@]45S[N+]4=C(O)[C@H](C)[C@H]5CC)c(C)c3CCC(=O)O)c(CCC(=O)O)c2C)=NC1=O. The Kier molecular flexibility index (Phi) is 8.54. The number of nitrogens with one attached hydrogen (secondary N) is 2. The summed E-state index contributed by atoms with van der Waals surface area (Å²) in [6.45, 7) is 12.0. The van der Waals surface area contributed by atoms with Crippen molar-refractivity contribution < 1.29 is 33.7 Å². The smallest absolute Gasteiger partial charge is 0.352 e. The Morgan fingerprint density at radius 2 is 1.68 bits per heavy atom. The van der Waals surface area contributed by atoms with Crippen LogP contribution in [0, 0.1) is 25.7 Å². The van der Waals surface area contributed by atoms with Crippen LogP contribution >= 0.6 is 11.9 Å². The maximum absolute atomic E-state index is 12.4. The molecule has 0 aromatic carbocycles. The summed E-state index contributed by atoms with van der Waals surface area (Å²) in [6.07, 6.45) is 6.60. The van der Waals surface area contributed by atoms with Crippen LogP contribution in [0.5, 0.6) is 0 Å². The molecule has 0 saturated carbocycles. The van der Waals surface area contributed by atoms with E-state index < -0.39 is 11.9 Å². The number of carboxylic acids is 2. The number of allylic oxidation sites excluding steroid dienone is 1. The van der Waals surface area contributed by atoms with Crippen LogP contribution in [0.25, 0.3) is 12.2 Å². The number of rotatable bonds is 12. The number of carboxylic acid groups (broad SMARTS) is 2. The van der Waals surface area contributed by atoms with E-state index in [4.69, 9.17) is 0 Å². The van der Waals surface area contributed by atoms with E-state index in [2.05, 4.69) is 28.0 Å². The summed E-state index contributed by atoms with van der Waals surface area (Å²) in [5, 5.41) is 31.3. The highest BCUT2D eigenvalue weighted by molar-refractivity contribution is 8.00. The average molecular weight is 622 g/mol. The number of hydrogen-bond donors (Lipinski definition) is 5. The molecule has 0 bridgehead atoms. The summed E-state index contributed by atoms with van der Waals surface area (Å²) in [6, 6.07) is 0. The number of amides is 1. The molecule has 10 nitrogen and oxygen atoms in total. The Morgan fingerprint density at radius 1 is 1.02 bits per heavy atom. The van der Waals surface area contributed by atoms with E-state index in [1.165, 1.54) is 0 Å². The molecule has 5 rings (SSSR count). The fourth-order valence-corrected chi connectivity index (χ4v) is 8.39. The molecule has 3 aliphatic rings. The first-order valence-electron chi connectivity index (χ1n) is 15.3. The summed E-state index contributed by atoms with van der Waals surface area (Å²) >= 11 is 1.61. The number of aliphatic carboxylic acids is 2. The summed E-state index contributed by atoms with van der Waals surface area (Å²) in [5.74, 6) is -1.31. The van der Waals surface area contributed by atoms with Crippen LogP contribution < -0.4 is 10.7 Å². The van der Waals surface area contributed by atoms with Crippen molar-refractivity contribution in [2.75, 3.05) is 0 Å². The Bertz CT molecular complexity index is 1790. The summed E-state index contributed by atoms with van der Waals surface area (Å²) in [7, 11) is 0. The minimum atomic E-state index is -0.896. The van der Waals surface area contributed by atoms with E-state index in [9.17, 15) is 29.7 Å². The van der Waals surface area contributed by atoms with Gasteiger partial charge in [-0.3, -0.25) is 14.4 Å². The minimum Gasteiger partial charge on any atom is -0.481 e. The molecule has 44 heavy (non-hydrogen) atoms. The number of aliphatic hydroxyl groups is 1. The van der Waals surface area contributed by atoms with Gasteiger partial charge >= 0.3 is 22.7 Å². The van der Waals surface area contributed by atoms with Crippen LogP contribution in [0.4, 0.5) is 0 Å².